The van der Waals surface area contributed by atoms with Gasteiger partial charge in [0, 0.05) is 0 Å². The minimum Gasteiger partial charge on any atom is -0.445 e. The number of benzene rings is 2. The Morgan fingerprint density at radius 1 is 1.00 bits per heavy atom. The van der Waals surface area contributed by atoms with Gasteiger partial charge < -0.3 is 15.2 Å². The monoisotopic (exact) mass is 335 g/mol. The molecule has 24 heavy (non-hydrogen) atoms. The van der Waals surface area contributed by atoms with E-state index in [0.29, 0.717) is 0 Å². The molecule has 0 heterocycles. The fourth-order valence-electron chi connectivity index (χ4n) is 2.22. The minimum absolute atomic E-state index is 0.0233. The largest absolute Gasteiger partial charge is 0.445 e. The molecule has 2 atom stereocenters. The zero-order chi connectivity index (χ0) is 17.4. The van der Waals surface area contributed by atoms with Gasteiger partial charge in [-0.3, -0.25) is 0 Å². The quantitative estimate of drug-likeness (QED) is 0.817. The molecule has 0 saturated heterocycles. The van der Waals surface area contributed by atoms with E-state index in [-0.39, 0.29) is 13.0 Å². The average Bonchev–Trinajstić information content (AvgIpc) is 2.60. The Kier molecular flexibility index (Phi) is 6.69. The van der Waals surface area contributed by atoms with Crippen molar-refractivity contribution >= 4 is 6.09 Å². The number of carbonyl (C=O) groups is 1. The normalized spacial score (nSPS) is 13.3. The number of carbonyl (C=O) groups excluding carboxylic acids is 1. The topological polar surface area (TPSA) is 58.6 Å². The van der Waals surface area contributed by atoms with Crippen LogP contribution in [0.1, 0.15) is 11.1 Å². The number of alkyl carbamates (subject to hydrolysis) is 1. The first-order chi connectivity index (χ1) is 11.6. The van der Waals surface area contributed by atoms with Crippen LogP contribution in [0.4, 0.5) is 13.6 Å². The van der Waals surface area contributed by atoms with Crippen LogP contribution in [-0.4, -0.2) is 29.8 Å². The lowest BCUT2D eigenvalue weighted by molar-refractivity contribution is -0.0256. The van der Waals surface area contributed by atoms with Gasteiger partial charge in [0.15, 0.2) is 0 Å². The molecule has 2 aromatic carbocycles. The minimum atomic E-state index is -2.96. The fourth-order valence-corrected chi connectivity index (χ4v) is 2.22. The molecule has 6 heteroatoms. The molecule has 0 spiro atoms. The summed E-state index contributed by atoms with van der Waals surface area (Å²) in [5.41, 5.74) is 1.51. The van der Waals surface area contributed by atoms with E-state index in [4.69, 9.17) is 4.74 Å². The lowest BCUT2D eigenvalue weighted by atomic mass is 10.0. The van der Waals surface area contributed by atoms with Gasteiger partial charge in [0.25, 0.3) is 6.43 Å². The van der Waals surface area contributed by atoms with E-state index in [1.165, 1.54) is 0 Å². The van der Waals surface area contributed by atoms with E-state index < -0.39 is 24.7 Å². The second kappa shape index (κ2) is 8.98. The SMILES string of the molecule is O=C(NC(Cc1ccccc1)C(O)C(F)F)OCc1ccccc1. The average molecular weight is 335 g/mol. The van der Waals surface area contributed by atoms with Gasteiger partial charge in [-0.1, -0.05) is 60.7 Å². The molecular formula is C18H19F2NO3. The number of rotatable bonds is 7. The summed E-state index contributed by atoms with van der Waals surface area (Å²) in [6.07, 6.45) is -5.71. The molecule has 2 rings (SSSR count). The van der Waals surface area contributed by atoms with E-state index in [1.54, 1.807) is 54.6 Å². The van der Waals surface area contributed by atoms with Crippen LogP contribution >= 0.6 is 0 Å². The molecule has 0 aliphatic heterocycles. The lowest BCUT2D eigenvalue weighted by Crippen LogP contribution is -2.48. The maximum atomic E-state index is 12.8. The number of nitrogens with one attached hydrogen (secondary N) is 1. The van der Waals surface area contributed by atoms with Crippen molar-refractivity contribution in [3.8, 4) is 0 Å². The Morgan fingerprint density at radius 3 is 2.08 bits per heavy atom. The van der Waals surface area contributed by atoms with Gasteiger partial charge in [0.1, 0.15) is 12.7 Å². The van der Waals surface area contributed by atoms with Crippen LogP contribution < -0.4 is 5.32 Å². The Labute approximate surface area is 139 Å². The molecule has 4 nitrogen and oxygen atoms in total. The summed E-state index contributed by atoms with van der Waals surface area (Å²) in [5.74, 6) is 0. The van der Waals surface area contributed by atoms with Gasteiger partial charge in [-0.15, -0.1) is 0 Å². The molecule has 0 radical (unpaired) electrons. The number of ether oxygens (including phenoxy) is 1. The Balaban J connectivity index is 1.95. The molecule has 0 fully saturated rings. The molecule has 2 aromatic rings. The van der Waals surface area contributed by atoms with Gasteiger partial charge in [0.2, 0.25) is 0 Å². The van der Waals surface area contributed by atoms with Crippen LogP contribution in [0.3, 0.4) is 0 Å². The third kappa shape index (κ3) is 5.62. The number of aliphatic hydroxyl groups excluding tert-OH is 1. The first-order valence-electron chi connectivity index (χ1n) is 7.53. The number of hydrogen-bond donors (Lipinski definition) is 2. The Morgan fingerprint density at radius 2 is 1.54 bits per heavy atom. The van der Waals surface area contributed by atoms with Crippen LogP contribution in [0.5, 0.6) is 0 Å². The zero-order valence-corrected chi connectivity index (χ0v) is 12.9. The van der Waals surface area contributed by atoms with Crippen molar-refractivity contribution in [2.75, 3.05) is 0 Å². The van der Waals surface area contributed by atoms with Gasteiger partial charge in [0.05, 0.1) is 6.04 Å². The van der Waals surface area contributed by atoms with E-state index in [0.717, 1.165) is 11.1 Å². The molecule has 2 unspecified atom stereocenters. The summed E-state index contributed by atoms with van der Waals surface area (Å²) in [6, 6.07) is 16.6. The van der Waals surface area contributed by atoms with Gasteiger partial charge >= 0.3 is 6.09 Å². The van der Waals surface area contributed by atoms with E-state index >= 15 is 0 Å². The predicted molar refractivity (Wildman–Crippen MR) is 85.7 cm³/mol. The van der Waals surface area contributed by atoms with Gasteiger partial charge in [-0.05, 0) is 17.5 Å². The summed E-state index contributed by atoms with van der Waals surface area (Å²) in [5, 5.41) is 12.0. The first-order valence-corrected chi connectivity index (χ1v) is 7.53. The summed E-state index contributed by atoms with van der Waals surface area (Å²) in [7, 11) is 0. The Hall–Kier alpha value is -2.47. The first kappa shape index (κ1) is 17.9. The number of aliphatic hydroxyl groups is 1. The predicted octanol–water partition coefficient (Wildman–Crippen LogP) is 3.15. The van der Waals surface area contributed by atoms with Crippen molar-refractivity contribution in [2.45, 2.75) is 31.6 Å². The second-order valence-electron chi connectivity index (χ2n) is 5.33. The number of amides is 1. The van der Waals surface area contributed by atoms with E-state index in [9.17, 15) is 18.7 Å². The molecule has 1 amide bonds. The van der Waals surface area contributed by atoms with Crippen LogP contribution in [0.25, 0.3) is 0 Å². The summed E-state index contributed by atoms with van der Waals surface area (Å²) >= 11 is 0. The number of halogens is 2. The van der Waals surface area contributed by atoms with Crippen LogP contribution in [0.15, 0.2) is 60.7 Å². The highest BCUT2D eigenvalue weighted by Gasteiger charge is 2.29. The van der Waals surface area contributed by atoms with Gasteiger partial charge in [-0.25, -0.2) is 13.6 Å². The molecule has 0 saturated carbocycles. The van der Waals surface area contributed by atoms with Crippen molar-refractivity contribution in [3.05, 3.63) is 71.8 Å². The lowest BCUT2D eigenvalue weighted by Gasteiger charge is -2.23. The standard InChI is InChI=1S/C18H19F2NO3/c19-17(20)16(22)15(11-13-7-3-1-4-8-13)21-18(23)24-12-14-9-5-2-6-10-14/h1-10,15-17,22H,11-12H2,(H,21,23). The maximum absolute atomic E-state index is 12.8. The second-order valence-corrected chi connectivity index (χ2v) is 5.33. The molecule has 0 aliphatic carbocycles. The molecule has 2 N–H and O–H groups in total. The summed E-state index contributed by atoms with van der Waals surface area (Å²) in [4.78, 5) is 11.9. The van der Waals surface area contributed by atoms with Crippen molar-refractivity contribution in [1.29, 1.82) is 0 Å². The summed E-state index contributed by atoms with van der Waals surface area (Å²) in [6.45, 7) is 0.0233. The number of alkyl halides is 2. The van der Waals surface area contributed by atoms with E-state index in [1.807, 2.05) is 6.07 Å². The van der Waals surface area contributed by atoms with E-state index in [2.05, 4.69) is 5.32 Å². The molecule has 128 valence electrons. The fraction of sp³-hybridized carbons (Fsp3) is 0.278. The van der Waals surface area contributed by atoms with Crippen LogP contribution in [0.2, 0.25) is 0 Å². The third-order valence-corrected chi connectivity index (χ3v) is 3.48. The maximum Gasteiger partial charge on any atom is 0.407 e. The van der Waals surface area contributed by atoms with Crippen LogP contribution in [-0.2, 0) is 17.8 Å². The van der Waals surface area contributed by atoms with Gasteiger partial charge in [-0.2, -0.15) is 0 Å². The Bertz CT molecular complexity index is 623. The van der Waals surface area contributed by atoms with Crippen molar-refractivity contribution < 1.29 is 23.4 Å². The van der Waals surface area contributed by atoms with Crippen molar-refractivity contribution in [2.24, 2.45) is 0 Å². The molecular weight excluding hydrogens is 316 g/mol. The number of hydrogen-bond acceptors (Lipinski definition) is 3. The molecule has 0 aromatic heterocycles. The molecule has 0 aliphatic rings. The van der Waals surface area contributed by atoms with Crippen LogP contribution in [0, 0.1) is 0 Å². The highest BCUT2D eigenvalue weighted by atomic mass is 19.3. The highest BCUT2D eigenvalue weighted by molar-refractivity contribution is 5.67. The molecule has 0 bridgehead atoms. The highest BCUT2D eigenvalue weighted by Crippen LogP contribution is 2.12. The smallest absolute Gasteiger partial charge is 0.407 e. The van der Waals surface area contributed by atoms with Crippen molar-refractivity contribution in [1.82, 2.24) is 5.32 Å². The zero-order valence-electron chi connectivity index (χ0n) is 12.9. The van der Waals surface area contributed by atoms with Crippen molar-refractivity contribution in [3.63, 3.8) is 0 Å². The summed E-state index contributed by atoms with van der Waals surface area (Å²) < 4.78 is 30.7. The third-order valence-electron chi connectivity index (χ3n) is 3.48.